The van der Waals surface area contributed by atoms with Crippen LogP contribution in [0, 0.1) is 0 Å². The molecule has 0 radical (unpaired) electrons. The lowest BCUT2D eigenvalue weighted by molar-refractivity contribution is -0.124. The van der Waals surface area contributed by atoms with E-state index in [-0.39, 0.29) is 11.3 Å². The van der Waals surface area contributed by atoms with Gasteiger partial charge in [-0.25, -0.2) is 4.79 Å². The summed E-state index contributed by atoms with van der Waals surface area (Å²) >= 11 is 0. The maximum Gasteiger partial charge on any atom is 0.387 e. The first-order chi connectivity index (χ1) is 10.0. The van der Waals surface area contributed by atoms with Crippen LogP contribution in [0.25, 0.3) is 0 Å². The number of hydrogen-bond acceptors (Lipinski definition) is 5. The van der Waals surface area contributed by atoms with Crippen LogP contribution in [0.1, 0.15) is 10.4 Å². The van der Waals surface area contributed by atoms with Crippen molar-refractivity contribution < 1.29 is 32.6 Å². The van der Waals surface area contributed by atoms with Crippen LogP contribution in [-0.2, 0) is 14.3 Å². The molecule has 6 nitrogen and oxygen atoms in total. The van der Waals surface area contributed by atoms with Gasteiger partial charge >= 0.3 is 12.6 Å². The zero-order valence-corrected chi connectivity index (χ0v) is 11.3. The number of ether oxygens (including phenoxy) is 3. The zero-order valence-electron chi connectivity index (χ0n) is 11.3. The molecule has 1 aromatic rings. The second-order valence-corrected chi connectivity index (χ2v) is 3.83. The molecule has 0 saturated carbocycles. The molecule has 1 aromatic carbocycles. The van der Waals surface area contributed by atoms with Gasteiger partial charge in [-0.15, -0.1) is 0 Å². The van der Waals surface area contributed by atoms with Crippen LogP contribution >= 0.6 is 0 Å². The number of carbonyl (C=O) groups is 2. The Morgan fingerprint density at radius 3 is 2.76 bits per heavy atom. The maximum atomic E-state index is 12.1. The molecule has 21 heavy (non-hydrogen) atoms. The fourth-order valence-corrected chi connectivity index (χ4v) is 1.36. The van der Waals surface area contributed by atoms with E-state index in [0.29, 0.717) is 13.2 Å². The number of benzene rings is 1. The number of methoxy groups -OCH3 is 1. The molecule has 0 bridgehead atoms. The third-order valence-corrected chi connectivity index (χ3v) is 2.26. The van der Waals surface area contributed by atoms with Crippen molar-refractivity contribution in [1.82, 2.24) is 5.32 Å². The van der Waals surface area contributed by atoms with E-state index >= 15 is 0 Å². The topological polar surface area (TPSA) is 73.9 Å². The number of nitrogens with one attached hydrogen (secondary N) is 1. The lowest BCUT2D eigenvalue weighted by Gasteiger charge is -2.08. The zero-order chi connectivity index (χ0) is 15.7. The van der Waals surface area contributed by atoms with Gasteiger partial charge in [-0.2, -0.15) is 8.78 Å². The molecule has 116 valence electrons. The number of esters is 1. The van der Waals surface area contributed by atoms with Gasteiger partial charge in [-0.1, -0.05) is 6.07 Å². The summed E-state index contributed by atoms with van der Waals surface area (Å²) in [4.78, 5) is 22.9. The molecule has 1 rings (SSSR count). The second kappa shape index (κ2) is 8.85. The molecule has 1 amide bonds. The molecule has 0 aliphatic rings. The Morgan fingerprint density at radius 2 is 2.10 bits per heavy atom. The highest BCUT2D eigenvalue weighted by molar-refractivity contribution is 5.91. The smallest absolute Gasteiger partial charge is 0.387 e. The summed E-state index contributed by atoms with van der Waals surface area (Å²) in [5, 5.41) is 2.46. The minimum absolute atomic E-state index is 0.0119. The first kappa shape index (κ1) is 16.8. The SMILES string of the molecule is COCCNC(=O)COC(=O)c1cccc(OC(F)F)c1. The van der Waals surface area contributed by atoms with Gasteiger partial charge in [0.15, 0.2) is 6.61 Å². The first-order valence-corrected chi connectivity index (χ1v) is 6.00. The van der Waals surface area contributed by atoms with E-state index in [2.05, 4.69) is 10.1 Å². The number of alkyl halides is 2. The molecule has 0 fully saturated rings. The second-order valence-electron chi connectivity index (χ2n) is 3.83. The van der Waals surface area contributed by atoms with Crippen LogP contribution in [-0.4, -0.2) is 45.4 Å². The number of carbonyl (C=O) groups excluding carboxylic acids is 2. The minimum atomic E-state index is -2.98. The Labute approximate surface area is 120 Å². The highest BCUT2D eigenvalue weighted by Gasteiger charge is 2.12. The Balaban J connectivity index is 2.46. The average Bonchev–Trinajstić information content (AvgIpc) is 2.44. The Bertz CT molecular complexity index is 481. The Morgan fingerprint density at radius 1 is 1.33 bits per heavy atom. The van der Waals surface area contributed by atoms with Gasteiger partial charge in [-0.05, 0) is 18.2 Å². The van der Waals surface area contributed by atoms with Gasteiger partial charge in [0.1, 0.15) is 5.75 Å². The lowest BCUT2D eigenvalue weighted by Crippen LogP contribution is -2.31. The molecule has 8 heteroatoms. The fraction of sp³-hybridized carbons (Fsp3) is 0.385. The molecular weight excluding hydrogens is 288 g/mol. The Kier molecular flexibility index (Phi) is 7.10. The average molecular weight is 303 g/mol. The summed E-state index contributed by atoms with van der Waals surface area (Å²) in [6.07, 6.45) is 0. The molecule has 0 atom stereocenters. The molecule has 0 saturated heterocycles. The quantitative estimate of drug-likeness (QED) is 0.577. The monoisotopic (exact) mass is 303 g/mol. The van der Waals surface area contributed by atoms with Crippen molar-refractivity contribution in [2.24, 2.45) is 0 Å². The molecule has 0 aliphatic carbocycles. The summed E-state index contributed by atoms with van der Waals surface area (Å²) in [6, 6.07) is 5.12. The summed E-state index contributed by atoms with van der Waals surface area (Å²) in [7, 11) is 1.49. The standard InChI is InChI=1S/C13H15F2NO5/c1-19-6-5-16-11(17)8-20-12(18)9-3-2-4-10(7-9)21-13(14)15/h2-4,7,13H,5-6,8H2,1H3,(H,16,17). The van der Waals surface area contributed by atoms with Crippen LogP contribution in [0.3, 0.4) is 0 Å². The van der Waals surface area contributed by atoms with E-state index in [4.69, 9.17) is 9.47 Å². The van der Waals surface area contributed by atoms with Gasteiger partial charge in [-0.3, -0.25) is 4.79 Å². The third-order valence-electron chi connectivity index (χ3n) is 2.26. The molecule has 1 N–H and O–H groups in total. The third kappa shape index (κ3) is 6.66. The van der Waals surface area contributed by atoms with Crippen molar-refractivity contribution in [1.29, 1.82) is 0 Å². The minimum Gasteiger partial charge on any atom is -0.452 e. The van der Waals surface area contributed by atoms with Crippen molar-refractivity contribution in [3.8, 4) is 5.75 Å². The van der Waals surface area contributed by atoms with Crippen molar-refractivity contribution in [2.75, 3.05) is 26.9 Å². The summed E-state index contributed by atoms with van der Waals surface area (Å²) in [5.74, 6) is -1.46. The maximum absolute atomic E-state index is 12.1. The van der Waals surface area contributed by atoms with E-state index in [0.717, 1.165) is 6.07 Å². The first-order valence-electron chi connectivity index (χ1n) is 6.00. The molecule has 0 unspecified atom stereocenters. The van der Waals surface area contributed by atoms with Gasteiger partial charge in [0.2, 0.25) is 0 Å². The van der Waals surface area contributed by atoms with E-state index in [1.165, 1.54) is 25.3 Å². The van der Waals surface area contributed by atoms with Gasteiger partial charge < -0.3 is 19.5 Å². The van der Waals surface area contributed by atoms with Crippen LogP contribution in [0.15, 0.2) is 24.3 Å². The van der Waals surface area contributed by atoms with Crippen LogP contribution < -0.4 is 10.1 Å². The number of rotatable bonds is 8. The molecule has 0 aliphatic heterocycles. The molecular formula is C13H15F2NO5. The summed E-state index contributed by atoms with van der Waals surface area (Å²) in [6.45, 7) is -2.82. The van der Waals surface area contributed by atoms with Crippen molar-refractivity contribution in [3.63, 3.8) is 0 Å². The number of amides is 1. The van der Waals surface area contributed by atoms with Crippen LogP contribution in [0.5, 0.6) is 5.75 Å². The van der Waals surface area contributed by atoms with Gasteiger partial charge in [0.25, 0.3) is 5.91 Å². The summed E-state index contributed by atoms with van der Waals surface area (Å²) in [5.41, 5.74) is 0.0119. The number of halogens is 2. The van der Waals surface area contributed by atoms with Crippen molar-refractivity contribution in [2.45, 2.75) is 6.61 Å². The molecule has 0 aromatic heterocycles. The largest absolute Gasteiger partial charge is 0.452 e. The van der Waals surface area contributed by atoms with E-state index < -0.39 is 25.1 Å². The normalized spacial score (nSPS) is 10.3. The molecule has 0 heterocycles. The van der Waals surface area contributed by atoms with E-state index in [1.54, 1.807) is 0 Å². The summed E-state index contributed by atoms with van der Waals surface area (Å²) < 4.78 is 37.7. The van der Waals surface area contributed by atoms with Gasteiger partial charge in [0.05, 0.1) is 12.2 Å². The Hall–Kier alpha value is -2.22. The number of hydrogen-bond donors (Lipinski definition) is 1. The van der Waals surface area contributed by atoms with Crippen molar-refractivity contribution in [3.05, 3.63) is 29.8 Å². The van der Waals surface area contributed by atoms with Gasteiger partial charge in [0, 0.05) is 13.7 Å². The highest BCUT2D eigenvalue weighted by Crippen LogP contribution is 2.16. The fourth-order valence-electron chi connectivity index (χ4n) is 1.36. The van der Waals surface area contributed by atoms with E-state index in [1.807, 2.05) is 0 Å². The van der Waals surface area contributed by atoms with Crippen LogP contribution in [0.2, 0.25) is 0 Å². The predicted molar refractivity (Wildman–Crippen MR) is 68.2 cm³/mol. The van der Waals surface area contributed by atoms with E-state index in [9.17, 15) is 18.4 Å². The lowest BCUT2D eigenvalue weighted by atomic mass is 10.2. The molecule has 0 spiro atoms. The highest BCUT2D eigenvalue weighted by atomic mass is 19.3. The van der Waals surface area contributed by atoms with Crippen molar-refractivity contribution >= 4 is 11.9 Å². The predicted octanol–water partition coefficient (Wildman–Crippen LogP) is 1.21. The van der Waals surface area contributed by atoms with Crippen LogP contribution in [0.4, 0.5) is 8.78 Å².